The molecule has 4 nitrogen and oxygen atoms in total. The number of rotatable bonds is 3. The lowest BCUT2D eigenvalue weighted by Crippen LogP contribution is -2.17. The standard InChI is InChI=1S/C10H11NO3S/c1-3-15(13,14)9-6-4-8(5-7-9)10(12)11-2/h3-7H,1H2,2H3,(H,11,12). The fraction of sp³-hybridized carbons (Fsp3) is 0.100. The molecule has 1 N–H and O–H groups in total. The topological polar surface area (TPSA) is 63.2 Å². The summed E-state index contributed by atoms with van der Waals surface area (Å²) in [6.45, 7) is 3.22. The van der Waals surface area contributed by atoms with Crippen molar-refractivity contribution >= 4 is 15.7 Å². The van der Waals surface area contributed by atoms with E-state index in [0.717, 1.165) is 5.41 Å². The van der Waals surface area contributed by atoms with Crippen LogP contribution in [0.3, 0.4) is 0 Å². The van der Waals surface area contributed by atoms with E-state index in [1.807, 2.05) is 0 Å². The van der Waals surface area contributed by atoms with Crippen molar-refractivity contribution in [1.29, 1.82) is 0 Å². The SMILES string of the molecule is C=CS(=O)(=O)c1ccc(C(=O)NC)cc1. The van der Waals surface area contributed by atoms with Gasteiger partial charge in [-0.15, -0.1) is 0 Å². The lowest BCUT2D eigenvalue weighted by Gasteiger charge is -2.01. The summed E-state index contributed by atoms with van der Waals surface area (Å²) in [5.74, 6) is -0.252. The second kappa shape index (κ2) is 4.27. The molecule has 0 unspecified atom stereocenters. The Labute approximate surface area is 88.5 Å². The van der Waals surface area contributed by atoms with Gasteiger partial charge in [-0.25, -0.2) is 8.42 Å². The minimum Gasteiger partial charge on any atom is -0.355 e. The van der Waals surface area contributed by atoms with Crippen LogP contribution in [0, 0.1) is 0 Å². The number of hydrogen-bond donors (Lipinski definition) is 1. The average molecular weight is 225 g/mol. The zero-order valence-electron chi connectivity index (χ0n) is 8.23. The molecule has 0 aliphatic carbocycles. The molecule has 0 radical (unpaired) electrons. The van der Waals surface area contributed by atoms with Gasteiger partial charge in [-0.1, -0.05) is 6.58 Å². The van der Waals surface area contributed by atoms with Gasteiger partial charge in [0.25, 0.3) is 5.91 Å². The van der Waals surface area contributed by atoms with Gasteiger partial charge in [0.1, 0.15) is 0 Å². The Bertz CT molecular complexity index is 474. The fourth-order valence-electron chi connectivity index (χ4n) is 1.04. The molecule has 1 amide bonds. The minimum absolute atomic E-state index is 0.130. The van der Waals surface area contributed by atoms with Gasteiger partial charge >= 0.3 is 0 Å². The Balaban J connectivity index is 3.11. The first kappa shape index (κ1) is 11.5. The van der Waals surface area contributed by atoms with E-state index in [9.17, 15) is 13.2 Å². The van der Waals surface area contributed by atoms with E-state index in [1.54, 1.807) is 0 Å². The molecule has 80 valence electrons. The second-order valence-electron chi connectivity index (χ2n) is 2.82. The number of sulfone groups is 1. The van der Waals surface area contributed by atoms with Gasteiger partial charge in [0, 0.05) is 18.0 Å². The van der Waals surface area contributed by atoms with Gasteiger partial charge < -0.3 is 5.32 Å². The summed E-state index contributed by atoms with van der Waals surface area (Å²) in [7, 11) is -1.90. The molecule has 0 aromatic heterocycles. The van der Waals surface area contributed by atoms with Gasteiger partial charge in [0.2, 0.25) is 0 Å². The van der Waals surface area contributed by atoms with Gasteiger partial charge in [0.15, 0.2) is 9.84 Å². The highest BCUT2D eigenvalue weighted by atomic mass is 32.2. The van der Waals surface area contributed by atoms with Gasteiger partial charge in [-0.05, 0) is 24.3 Å². The minimum atomic E-state index is -3.42. The summed E-state index contributed by atoms with van der Waals surface area (Å²) in [5.41, 5.74) is 0.417. The largest absolute Gasteiger partial charge is 0.355 e. The summed E-state index contributed by atoms with van der Waals surface area (Å²) in [6.07, 6.45) is 0. The molecule has 0 heterocycles. The predicted octanol–water partition coefficient (Wildman–Crippen LogP) is 0.963. The van der Waals surface area contributed by atoms with Crippen LogP contribution in [0.1, 0.15) is 10.4 Å². The number of hydrogen-bond acceptors (Lipinski definition) is 3. The molecule has 0 bridgehead atoms. The van der Waals surface area contributed by atoms with E-state index in [1.165, 1.54) is 31.3 Å². The van der Waals surface area contributed by atoms with Crippen LogP contribution in [0.15, 0.2) is 41.1 Å². The van der Waals surface area contributed by atoms with Gasteiger partial charge in [-0.2, -0.15) is 0 Å². The zero-order valence-corrected chi connectivity index (χ0v) is 9.04. The third kappa shape index (κ3) is 2.44. The van der Waals surface area contributed by atoms with Crippen molar-refractivity contribution < 1.29 is 13.2 Å². The van der Waals surface area contributed by atoms with E-state index in [-0.39, 0.29) is 10.8 Å². The zero-order chi connectivity index (χ0) is 11.5. The normalized spacial score (nSPS) is 10.7. The quantitative estimate of drug-likeness (QED) is 0.833. The van der Waals surface area contributed by atoms with Crippen LogP contribution in [-0.2, 0) is 9.84 Å². The molecule has 0 saturated heterocycles. The number of carbonyl (C=O) groups is 1. The third-order valence-electron chi connectivity index (χ3n) is 1.89. The van der Waals surface area contributed by atoms with Gasteiger partial charge in [-0.3, -0.25) is 4.79 Å². The first-order chi connectivity index (χ1) is 7.01. The maximum absolute atomic E-state index is 11.3. The van der Waals surface area contributed by atoms with Crippen LogP contribution in [0.4, 0.5) is 0 Å². The Morgan fingerprint density at radius 1 is 1.33 bits per heavy atom. The van der Waals surface area contributed by atoms with Crippen LogP contribution in [0.5, 0.6) is 0 Å². The molecule has 0 saturated carbocycles. The molecule has 1 aromatic rings. The van der Waals surface area contributed by atoms with Crippen molar-refractivity contribution in [2.75, 3.05) is 7.05 Å². The lowest BCUT2D eigenvalue weighted by atomic mass is 10.2. The van der Waals surface area contributed by atoms with Crippen molar-refractivity contribution in [2.45, 2.75) is 4.90 Å². The van der Waals surface area contributed by atoms with Crippen LogP contribution >= 0.6 is 0 Å². The lowest BCUT2D eigenvalue weighted by molar-refractivity contribution is 0.0963. The van der Waals surface area contributed by atoms with Crippen molar-refractivity contribution in [3.05, 3.63) is 41.8 Å². The first-order valence-corrected chi connectivity index (χ1v) is 5.75. The summed E-state index contributed by atoms with van der Waals surface area (Å²) in [5, 5.41) is 3.32. The highest BCUT2D eigenvalue weighted by Gasteiger charge is 2.10. The summed E-state index contributed by atoms with van der Waals surface area (Å²) >= 11 is 0. The molecule has 0 fully saturated rings. The molecule has 5 heteroatoms. The molecule has 0 atom stereocenters. The van der Waals surface area contributed by atoms with E-state index in [0.29, 0.717) is 5.56 Å². The second-order valence-corrected chi connectivity index (χ2v) is 4.71. The third-order valence-corrected chi connectivity index (χ3v) is 3.26. The average Bonchev–Trinajstić information content (AvgIpc) is 2.28. The maximum Gasteiger partial charge on any atom is 0.251 e. The predicted molar refractivity (Wildman–Crippen MR) is 57.2 cm³/mol. The Morgan fingerprint density at radius 3 is 2.27 bits per heavy atom. The van der Waals surface area contributed by atoms with Crippen molar-refractivity contribution in [3.63, 3.8) is 0 Å². The number of nitrogens with one attached hydrogen (secondary N) is 1. The Morgan fingerprint density at radius 2 is 1.87 bits per heavy atom. The Hall–Kier alpha value is -1.62. The summed E-state index contributed by atoms with van der Waals surface area (Å²) < 4.78 is 22.7. The van der Waals surface area contributed by atoms with E-state index in [4.69, 9.17) is 0 Å². The van der Waals surface area contributed by atoms with Crippen LogP contribution in [0.25, 0.3) is 0 Å². The van der Waals surface area contributed by atoms with Crippen LogP contribution in [0.2, 0.25) is 0 Å². The first-order valence-electron chi connectivity index (χ1n) is 4.21. The van der Waals surface area contributed by atoms with Gasteiger partial charge in [0.05, 0.1) is 4.90 Å². The summed E-state index contributed by atoms with van der Waals surface area (Å²) in [4.78, 5) is 11.3. The number of carbonyl (C=O) groups excluding carboxylic acids is 1. The molecule has 1 rings (SSSR count). The highest BCUT2D eigenvalue weighted by molar-refractivity contribution is 7.94. The van der Waals surface area contributed by atoms with E-state index >= 15 is 0 Å². The highest BCUT2D eigenvalue weighted by Crippen LogP contribution is 2.12. The molecule has 0 aliphatic heterocycles. The maximum atomic E-state index is 11.3. The van der Waals surface area contributed by atoms with Crippen molar-refractivity contribution in [3.8, 4) is 0 Å². The molecule has 15 heavy (non-hydrogen) atoms. The van der Waals surface area contributed by atoms with E-state index in [2.05, 4.69) is 11.9 Å². The monoisotopic (exact) mass is 225 g/mol. The summed E-state index contributed by atoms with van der Waals surface area (Å²) in [6, 6.07) is 5.66. The smallest absolute Gasteiger partial charge is 0.251 e. The molecular weight excluding hydrogens is 214 g/mol. The van der Waals surface area contributed by atoms with Crippen molar-refractivity contribution in [2.24, 2.45) is 0 Å². The van der Waals surface area contributed by atoms with E-state index < -0.39 is 9.84 Å². The molecule has 0 aliphatic rings. The van der Waals surface area contributed by atoms with Crippen molar-refractivity contribution in [1.82, 2.24) is 5.32 Å². The molecular formula is C10H11NO3S. The molecule has 0 spiro atoms. The van der Waals surface area contributed by atoms with Crippen LogP contribution < -0.4 is 5.32 Å². The molecule has 1 aromatic carbocycles. The number of benzene rings is 1. The Kier molecular flexibility index (Phi) is 3.26. The fourth-order valence-corrected chi connectivity index (χ4v) is 1.74. The van der Waals surface area contributed by atoms with Crippen LogP contribution in [-0.4, -0.2) is 21.4 Å². The number of amides is 1.